The second kappa shape index (κ2) is 11.7. The summed E-state index contributed by atoms with van der Waals surface area (Å²) in [4.78, 5) is 10.3. The molecule has 114 valence electrons. The molecule has 2 nitrogen and oxygen atoms in total. The fraction of sp³-hybridized carbons (Fsp3) is 0.722. The normalized spacial score (nSPS) is 18.1. The molecule has 1 unspecified atom stereocenters. The minimum atomic E-state index is -0.666. The van der Waals surface area contributed by atoms with Crippen molar-refractivity contribution in [1.82, 2.24) is 0 Å². The molecule has 0 bridgehead atoms. The lowest BCUT2D eigenvalue weighted by molar-refractivity contribution is -0.137. The summed E-state index contributed by atoms with van der Waals surface area (Å²) in [5.74, 6) is 0.190. The zero-order chi connectivity index (χ0) is 14.5. The average Bonchev–Trinajstić information content (AvgIpc) is 2.93. The Morgan fingerprint density at radius 3 is 2.45 bits per heavy atom. The third kappa shape index (κ3) is 9.82. The molecule has 2 heteroatoms. The molecule has 1 rings (SSSR count). The highest BCUT2D eigenvalue weighted by molar-refractivity contribution is 5.66. The molecule has 1 N–H and O–H groups in total. The maximum Gasteiger partial charge on any atom is 0.303 e. The summed E-state index contributed by atoms with van der Waals surface area (Å²) < 4.78 is 0. The van der Waals surface area contributed by atoms with E-state index in [1.54, 1.807) is 0 Å². The van der Waals surface area contributed by atoms with Crippen molar-refractivity contribution in [2.75, 3.05) is 0 Å². The van der Waals surface area contributed by atoms with Crippen LogP contribution in [0.3, 0.4) is 0 Å². The first kappa shape index (κ1) is 17.0. The molecule has 0 spiro atoms. The van der Waals surface area contributed by atoms with Gasteiger partial charge in [-0.1, -0.05) is 43.6 Å². The highest BCUT2D eigenvalue weighted by Gasteiger charge is 2.07. The van der Waals surface area contributed by atoms with Crippen LogP contribution in [0.5, 0.6) is 0 Å². The van der Waals surface area contributed by atoms with Crippen molar-refractivity contribution in [2.45, 2.75) is 77.0 Å². The minimum Gasteiger partial charge on any atom is -0.481 e. The van der Waals surface area contributed by atoms with Gasteiger partial charge in [0.2, 0.25) is 0 Å². The molecule has 0 aromatic heterocycles. The number of carboxylic acids is 1. The van der Waals surface area contributed by atoms with E-state index in [2.05, 4.69) is 24.3 Å². The van der Waals surface area contributed by atoms with E-state index in [0.29, 0.717) is 6.42 Å². The molecule has 1 aliphatic carbocycles. The molecule has 1 aliphatic rings. The Kier molecular flexibility index (Phi) is 9.99. The molecule has 0 radical (unpaired) electrons. The summed E-state index contributed by atoms with van der Waals surface area (Å²) in [6.07, 6.45) is 23.0. The highest BCUT2D eigenvalue weighted by Crippen LogP contribution is 2.22. The minimum absolute atomic E-state index is 0.329. The van der Waals surface area contributed by atoms with Crippen molar-refractivity contribution < 1.29 is 9.90 Å². The number of allylic oxidation sites excluding steroid dienone is 4. The third-order valence-electron chi connectivity index (χ3n) is 3.99. The zero-order valence-corrected chi connectivity index (χ0v) is 12.7. The molecular formula is C18H30O2. The molecule has 0 aromatic carbocycles. The van der Waals surface area contributed by atoms with Crippen molar-refractivity contribution >= 4 is 5.97 Å². The van der Waals surface area contributed by atoms with Crippen LogP contribution in [-0.2, 0) is 4.79 Å². The van der Waals surface area contributed by atoms with Crippen LogP contribution in [0.15, 0.2) is 24.3 Å². The molecule has 0 fully saturated rings. The zero-order valence-electron chi connectivity index (χ0n) is 12.7. The first-order valence-corrected chi connectivity index (χ1v) is 8.32. The van der Waals surface area contributed by atoms with Gasteiger partial charge in [0.15, 0.2) is 0 Å². The largest absolute Gasteiger partial charge is 0.481 e. The molecule has 0 aromatic rings. The van der Waals surface area contributed by atoms with Crippen LogP contribution in [0.2, 0.25) is 0 Å². The summed E-state index contributed by atoms with van der Waals surface area (Å²) >= 11 is 0. The van der Waals surface area contributed by atoms with E-state index in [1.807, 2.05) is 0 Å². The third-order valence-corrected chi connectivity index (χ3v) is 3.99. The average molecular weight is 278 g/mol. The van der Waals surface area contributed by atoms with Crippen LogP contribution >= 0.6 is 0 Å². The number of rotatable bonds is 12. The first-order chi connectivity index (χ1) is 9.79. The van der Waals surface area contributed by atoms with Crippen LogP contribution in [0, 0.1) is 5.92 Å². The molecule has 0 aliphatic heterocycles. The molecule has 0 saturated carbocycles. The molecular weight excluding hydrogens is 248 g/mol. The molecule has 0 amide bonds. The smallest absolute Gasteiger partial charge is 0.303 e. The van der Waals surface area contributed by atoms with Crippen LogP contribution in [0.4, 0.5) is 0 Å². The summed E-state index contributed by atoms with van der Waals surface area (Å²) in [5, 5.41) is 8.51. The lowest BCUT2D eigenvalue weighted by Crippen LogP contribution is -1.93. The highest BCUT2D eigenvalue weighted by atomic mass is 16.4. The maximum atomic E-state index is 10.3. The summed E-state index contributed by atoms with van der Waals surface area (Å²) in [6, 6.07) is 0. The standard InChI is InChI=1S/C18H30O2/c19-18(20)16-10-8-6-4-2-1-3-5-7-9-13-17-14-11-12-15-17/h3,5,11,14,17H,1-2,4,6-10,12-13,15-16H2,(H,19,20)/b5-3-. The Morgan fingerprint density at radius 2 is 1.75 bits per heavy atom. The van der Waals surface area contributed by atoms with Crippen molar-refractivity contribution in [2.24, 2.45) is 5.92 Å². The number of carbonyl (C=O) groups is 1. The van der Waals surface area contributed by atoms with Crippen molar-refractivity contribution in [1.29, 1.82) is 0 Å². The van der Waals surface area contributed by atoms with E-state index in [4.69, 9.17) is 5.11 Å². The van der Waals surface area contributed by atoms with Crippen LogP contribution in [-0.4, -0.2) is 11.1 Å². The van der Waals surface area contributed by atoms with Gasteiger partial charge in [-0.05, 0) is 57.3 Å². The SMILES string of the molecule is O=C(O)CCCCCCC/C=C\CCCC1C=CCC1. The van der Waals surface area contributed by atoms with E-state index >= 15 is 0 Å². The Hall–Kier alpha value is -1.05. The van der Waals surface area contributed by atoms with Gasteiger partial charge in [-0.2, -0.15) is 0 Å². The second-order valence-electron chi connectivity index (χ2n) is 5.87. The van der Waals surface area contributed by atoms with Gasteiger partial charge >= 0.3 is 5.97 Å². The number of aliphatic carboxylic acids is 1. The lowest BCUT2D eigenvalue weighted by atomic mass is 10.0. The fourth-order valence-electron chi connectivity index (χ4n) is 2.74. The van der Waals surface area contributed by atoms with E-state index in [-0.39, 0.29) is 0 Å². The molecule has 0 saturated heterocycles. The first-order valence-electron chi connectivity index (χ1n) is 8.32. The second-order valence-corrected chi connectivity index (χ2v) is 5.87. The van der Waals surface area contributed by atoms with E-state index in [1.165, 1.54) is 57.8 Å². The molecule has 0 heterocycles. The summed E-state index contributed by atoms with van der Waals surface area (Å²) in [7, 11) is 0. The predicted octanol–water partition coefficient (Wildman–Crippen LogP) is 5.49. The Morgan fingerprint density at radius 1 is 1.05 bits per heavy atom. The van der Waals surface area contributed by atoms with E-state index < -0.39 is 5.97 Å². The topological polar surface area (TPSA) is 37.3 Å². The van der Waals surface area contributed by atoms with Gasteiger partial charge in [-0.15, -0.1) is 0 Å². The number of hydrogen-bond donors (Lipinski definition) is 1. The van der Waals surface area contributed by atoms with Crippen molar-refractivity contribution in [3.63, 3.8) is 0 Å². The Labute approximate surface area is 124 Å². The number of unbranched alkanes of at least 4 members (excludes halogenated alkanes) is 6. The van der Waals surface area contributed by atoms with Crippen LogP contribution in [0.25, 0.3) is 0 Å². The number of carboxylic acid groups (broad SMARTS) is 1. The van der Waals surface area contributed by atoms with E-state index in [0.717, 1.165) is 18.8 Å². The molecule has 1 atom stereocenters. The Bertz CT molecular complexity index is 305. The number of hydrogen-bond acceptors (Lipinski definition) is 1. The van der Waals surface area contributed by atoms with Gasteiger partial charge in [-0.25, -0.2) is 0 Å². The van der Waals surface area contributed by atoms with Gasteiger partial charge in [0, 0.05) is 6.42 Å². The van der Waals surface area contributed by atoms with Crippen LogP contribution < -0.4 is 0 Å². The maximum absolute atomic E-state index is 10.3. The predicted molar refractivity (Wildman–Crippen MR) is 84.8 cm³/mol. The van der Waals surface area contributed by atoms with Gasteiger partial charge in [0.25, 0.3) is 0 Å². The quantitative estimate of drug-likeness (QED) is 0.378. The van der Waals surface area contributed by atoms with Gasteiger partial charge in [0.1, 0.15) is 0 Å². The fourth-order valence-corrected chi connectivity index (χ4v) is 2.74. The van der Waals surface area contributed by atoms with Crippen molar-refractivity contribution in [3.05, 3.63) is 24.3 Å². The summed E-state index contributed by atoms with van der Waals surface area (Å²) in [6.45, 7) is 0. The van der Waals surface area contributed by atoms with E-state index in [9.17, 15) is 4.79 Å². The summed E-state index contributed by atoms with van der Waals surface area (Å²) in [5.41, 5.74) is 0. The lowest BCUT2D eigenvalue weighted by Gasteiger charge is -2.04. The van der Waals surface area contributed by atoms with Crippen molar-refractivity contribution in [3.8, 4) is 0 Å². The van der Waals surface area contributed by atoms with Gasteiger partial charge in [0.05, 0.1) is 0 Å². The molecule has 20 heavy (non-hydrogen) atoms. The van der Waals surface area contributed by atoms with Crippen LogP contribution in [0.1, 0.15) is 77.0 Å². The van der Waals surface area contributed by atoms with Gasteiger partial charge in [-0.3, -0.25) is 4.79 Å². The Balaban J connectivity index is 1.77. The monoisotopic (exact) mass is 278 g/mol. The van der Waals surface area contributed by atoms with Gasteiger partial charge < -0.3 is 5.11 Å².